The molecule has 2 aromatic carbocycles. The van der Waals surface area contributed by atoms with Gasteiger partial charge >= 0.3 is 0 Å². The van der Waals surface area contributed by atoms with Crippen LogP contribution in [-0.4, -0.2) is 24.2 Å². The third-order valence-corrected chi connectivity index (χ3v) is 3.48. The number of amides is 2. The molecule has 0 aliphatic carbocycles. The summed E-state index contributed by atoms with van der Waals surface area (Å²) in [4.78, 5) is 34.9. The summed E-state index contributed by atoms with van der Waals surface area (Å²) < 4.78 is 5.52. The lowest BCUT2D eigenvalue weighted by atomic mass is 10.1. The van der Waals surface area contributed by atoms with E-state index >= 15 is 0 Å². The minimum Gasteiger partial charge on any atom is -0.482 e. The first-order valence-electron chi connectivity index (χ1n) is 7.77. The average Bonchev–Trinajstić information content (AvgIpc) is 2.55. The third kappa shape index (κ3) is 5.17. The lowest BCUT2D eigenvalue weighted by Crippen LogP contribution is -2.21. The fourth-order valence-electron chi connectivity index (χ4n) is 2.20. The maximum atomic E-state index is 12.1. The molecule has 0 aromatic heterocycles. The number of ketones is 1. The smallest absolute Gasteiger partial charge is 0.262 e. The average molecular weight is 340 g/mol. The van der Waals surface area contributed by atoms with Gasteiger partial charge in [-0.2, -0.15) is 0 Å². The van der Waals surface area contributed by atoms with Crippen molar-refractivity contribution in [2.75, 3.05) is 17.2 Å². The van der Waals surface area contributed by atoms with Crippen molar-refractivity contribution in [3.8, 4) is 5.75 Å². The summed E-state index contributed by atoms with van der Waals surface area (Å²) in [7, 11) is 0. The summed E-state index contributed by atoms with van der Waals surface area (Å²) in [5.74, 6) is -0.479. The van der Waals surface area contributed by atoms with Gasteiger partial charge in [-0.15, -0.1) is 0 Å². The number of aryl methyl sites for hydroxylation is 1. The van der Waals surface area contributed by atoms with E-state index in [9.17, 15) is 14.4 Å². The molecule has 25 heavy (non-hydrogen) atoms. The quantitative estimate of drug-likeness (QED) is 0.791. The topological polar surface area (TPSA) is 84.5 Å². The van der Waals surface area contributed by atoms with Gasteiger partial charge in [0.15, 0.2) is 12.4 Å². The predicted molar refractivity (Wildman–Crippen MR) is 96.1 cm³/mol. The number of nitrogens with one attached hydrogen (secondary N) is 2. The van der Waals surface area contributed by atoms with E-state index in [0.29, 0.717) is 16.9 Å². The maximum absolute atomic E-state index is 12.1. The van der Waals surface area contributed by atoms with Crippen LogP contribution in [0.15, 0.2) is 42.5 Å². The zero-order valence-corrected chi connectivity index (χ0v) is 14.4. The Morgan fingerprint density at radius 3 is 2.32 bits per heavy atom. The van der Waals surface area contributed by atoms with Crippen LogP contribution in [0.4, 0.5) is 11.4 Å². The molecule has 0 aliphatic rings. The van der Waals surface area contributed by atoms with Crippen LogP contribution in [0.3, 0.4) is 0 Å². The Balaban J connectivity index is 2.11. The molecule has 0 atom stereocenters. The lowest BCUT2D eigenvalue weighted by molar-refractivity contribution is -0.118. The molecule has 0 bridgehead atoms. The number of anilines is 2. The second-order valence-corrected chi connectivity index (χ2v) is 5.60. The van der Waals surface area contributed by atoms with Crippen LogP contribution in [-0.2, 0) is 9.59 Å². The Hall–Kier alpha value is -3.15. The zero-order chi connectivity index (χ0) is 18.4. The molecule has 0 heterocycles. The molecule has 130 valence electrons. The van der Waals surface area contributed by atoms with E-state index in [1.807, 2.05) is 25.1 Å². The van der Waals surface area contributed by atoms with E-state index in [0.717, 1.165) is 5.56 Å². The molecule has 0 saturated heterocycles. The highest BCUT2D eigenvalue weighted by atomic mass is 16.5. The molecular weight excluding hydrogens is 320 g/mol. The second-order valence-electron chi connectivity index (χ2n) is 5.60. The first kappa shape index (κ1) is 18.2. The molecule has 0 unspecified atom stereocenters. The van der Waals surface area contributed by atoms with Gasteiger partial charge in [-0.25, -0.2) is 0 Å². The molecule has 6 nitrogen and oxygen atoms in total. The number of carbonyl (C=O) groups excluding carboxylic acids is 3. The Labute approximate surface area is 146 Å². The van der Waals surface area contributed by atoms with Crippen molar-refractivity contribution in [3.63, 3.8) is 0 Å². The molecular formula is C19H20N2O4. The van der Waals surface area contributed by atoms with Crippen molar-refractivity contribution in [2.45, 2.75) is 20.8 Å². The van der Waals surface area contributed by atoms with Crippen LogP contribution in [0.25, 0.3) is 0 Å². The van der Waals surface area contributed by atoms with Crippen molar-refractivity contribution in [3.05, 3.63) is 53.6 Å². The van der Waals surface area contributed by atoms with Gasteiger partial charge in [0.2, 0.25) is 5.91 Å². The molecule has 6 heteroatoms. The van der Waals surface area contributed by atoms with E-state index in [2.05, 4.69) is 10.6 Å². The van der Waals surface area contributed by atoms with Gasteiger partial charge in [-0.1, -0.05) is 18.2 Å². The number of ether oxygens (including phenoxy) is 1. The Morgan fingerprint density at radius 2 is 1.68 bits per heavy atom. The van der Waals surface area contributed by atoms with E-state index in [4.69, 9.17) is 4.74 Å². The Bertz CT molecular complexity index is 815. The van der Waals surface area contributed by atoms with Crippen molar-refractivity contribution in [1.29, 1.82) is 0 Å². The van der Waals surface area contributed by atoms with Gasteiger partial charge in [-0.05, 0) is 43.7 Å². The third-order valence-electron chi connectivity index (χ3n) is 3.48. The monoisotopic (exact) mass is 340 g/mol. The minimum absolute atomic E-state index is 0.136. The molecule has 0 spiro atoms. The first-order chi connectivity index (χ1) is 11.9. The molecule has 2 N–H and O–H groups in total. The van der Waals surface area contributed by atoms with Gasteiger partial charge in [0, 0.05) is 18.2 Å². The highest BCUT2D eigenvalue weighted by Crippen LogP contribution is 2.26. The number of hydrogen-bond acceptors (Lipinski definition) is 4. The van der Waals surface area contributed by atoms with Gasteiger partial charge < -0.3 is 15.4 Å². The van der Waals surface area contributed by atoms with Gasteiger partial charge in [-0.3, -0.25) is 14.4 Å². The van der Waals surface area contributed by atoms with E-state index in [-0.39, 0.29) is 30.0 Å². The normalized spacial score (nSPS) is 10.0. The minimum atomic E-state index is -0.337. The number of hydrogen-bond donors (Lipinski definition) is 2. The van der Waals surface area contributed by atoms with Crippen molar-refractivity contribution in [1.82, 2.24) is 0 Å². The van der Waals surface area contributed by atoms with E-state index in [1.54, 1.807) is 18.2 Å². The highest BCUT2D eigenvalue weighted by Gasteiger charge is 2.12. The molecule has 0 aliphatic heterocycles. The number of benzene rings is 2. The van der Waals surface area contributed by atoms with Crippen LogP contribution < -0.4 is 15.4 Å². The molecule has 2 aromatic rings. The van der Waals surface area contributed by atoms with Crippen LogP contribution in [0.5, 0.6) is 5.75 Å². The van der Waals surface area contributed by atoms with Crippen LogP contribution in [0.2, 0.25) is 0 Å². The summed E-state index contributed by atoms with van der Waals surface area (Å²) in [5, 5.41) is 5.37. The summed E-state index contributed by atoms with van der Waals surface area (Å²) in [6, 6.07) is 12.1. The SMILES string of the molecule is CC(=O)Nc1ccc(C(C)=O)cc1OCC(=O)Nc1ccccc1C. The largest absolute Gasteiger partial charge is 0.482 e. The Morgan fingerprint density at radius 1 is 0.960 bits per heavy atom. The summed E-state index contributed by atoms with van der Waals surface area (Å²) in [6.07, 6.45) is 0. The predicted octanol–water partition coefficient (Wildman–Crippen LogP) is 3.17. The summed E-state index contributed by atoms with van der Waals surface area (Å²) >= 11 is 0. The standard InChI is InChI=1S/C19H20N2O4/c1-12-6-4-5-7-16(12)21-19(24)11-25-18-10-15(13(2)22)8-9-17(18)20-14(3)23/h4-10H,11H2,1-3H3,(H,20,23)(H,21,24). The van der Waals surface area contributed by atoms with Crippen LogP contribution in [0.1, 0.15) is 29.8 Å². The summed E-state index contributed by atoms with van der Waals surface area (Å²) in [6.45, 7) is 4.44. The number of para-hydroxylation sites is 1. The first-order valence-corrected chi connectivity index (χ1v) is 7.77. The van der Waals surface area contributed by atoms with Gasteiger partial charge in [0.1, 0.15) is 5.75 Å². The zero-order valence-electron chi connectivity index (χ0n) is 14.4. The van der Waals surface area contributed by atoms with Gasteiger partial charge in [0.05, 0.1) is 5.69 Å². The maximum Gasteiger partial charge on any atom is 0.262 e. The lowest BCUT2D eigenvalue weighted by Gasteiger charge is -2.13. The molecule has 0 saturated carbocycles. The fourth-order valence-corrected chi connectivity index (χ4v) is 2.20. The van der Waals surface area contributed by atoms with E-state index in [1.165, 1.54) is 19.9 Å². The number of rotatable bonds is 6. The molecule has 2 amide bonds. The molecule has 2 rings (SSSR count). The van der Waals surface area contributed by atoms with Crippen LogP contribution >= 0.6 is 0 Å². The number of Topliss-reactive ketones (excluding diaryl/α,β-unsaturated/α-hetero) is 1. The van der Waals surface area contributed by atoms with Crippen LogP contribution in [0, 0.1) is 6.92 Å². The Kier molecular flexibility index (Phi) is 5.89. The highest BCUT2D eigenvalue weighted by molar-refractivity contribution is 5.97. The van der Waals surface area contributed by atoms with Crippen molar-refractivity contribution >= 4 is 29.0 Å². The molecule has 0 fully saturated rings. The second kappa shape index (κ2) is 8.10. The van der Waals surface area contributed by atoms with Gasteiger partial charge in [0.25, 0.3) is 5.91 Å². The van der Waals surface area contributed by atoms with Crippen molar-refractivity contribution < 1.29 is 19.1 Å². The summed E-state index contributed by atoms with van der Waals surface area (Å²) in [5.41, 5.74) is 2.48. The van der Waals surface area contributed by atoms with Crippen molar-refractivity contribution in [2.24, 2.45) is 0 Å². The molecule has 0 radical (unpaired) electrons. The number of carbonyl (C=O) groups is 3. The van der Waals surface area contributed by atoms with E-state index < -0.39 is 0 Å². The fraction of sp³-hybridized carbons (Fsp3) is 0.211.